The summed E-state index contributed by atoms with van der Waals surface area (Å²) < 4.78 is 24.2. The zero-order chi connectivity index (χ0) is 15.4. The van der Waals surface area contributed by atoms with Crippen LogP contribution in [0.2, 0.25) is 0 Å². The van der Waals surface area contributed by atoms with Gasteiger partial charge in [0.25, 0.3) is 0 Å². The minimum absolute atomic E-state index is 0.180. The number of carbonyl (C=O) groups is 1. The Morgan fingerprint density at radius 2 is 2.00 bits per heavy atom. The molecule has 0 atom stereocenters. The largest absolute Gasteiger partial charge is 0.496 e. The molecule has 0 aliphatic carbocycles. The Kier molecular flexibility index (Phi) is 4.96. The topological polar surface area (TPSA) is 35.5 Å². The fourth-order valence-corrected chi connectivity index (χ4v) is 2.07. The number of halogens is 2. The Morgan fingerprint density at radius 3 is 2.67 bits per heavy atom. The zero-order valence-electron chi connectivity index (χ0n) is 11.7. The Bertz CT molecular complexity index is 671. The second-order valence-electron chi connectivity index (χ2n) is 4.49. The first-order valence-electron chi connectivity index (χ1n) is 6.27. The van der Waals surface area contributed by atoms with E-state index in [0.717, 1.165) is 5.56 Å². The third-order valence-corrected chi connectivity index (χ3v) is 3.56. The molecule has 0 saturated carbocycles. The van der Waals surface area contributed by atoms with Gasteiger partial charge in [-0.15, -0.1) is 0 Å². The van der Waals surface area contributed by atoms with Crippen LogP contribution >= 0.6 is 15.9 Å². The number of aryl methyl sites for hydroxylation is 1. The maximum Gasteiger partial charge on any atom is 0.203 e. The van der Waals surface area contributed by atoms with Gasteiger partial charge in [-0.1, -0.05) is 6.07 Å². The van der Waals surface area contributed by atoms with E-state index in [0.29, 0.717) is 21.5 Å². The third kappa shape index (κ3) is 3.82. The van der Waals surface area contributed by atoms with Gasteiger partial charge in [0.2, 0.25) is 5.78 Å². The van der Waals surface area contributed by atoms with Crippen LogP contribution in [-0.2, 0) is 0 Å². The Balaban J connectivity index is 2.09. The minimum Gasteiger partial charge on any atom is -0.496 e. The monoisotopic (exact) mass is 352 g/mol. The number of hydrogen-bond donors (Lipinski definition) is 0. The van der Waals surface area contributed by atoms with Gasteiger partial charge in [-0.05, 0) is 52.7 Å². The highest BCUT2D eigenvalue weighted by Crippen LogP contribution is 2.23. The lowest BCUT2D eigenvalue weighted by atomic mass is 10.1. The molecule has 0 amide bonds. The number of methoxy groups -OCH3 is 1. The third-order valence-electron chi connectivity index (χ3n) is 2.92. The summed E-state index contributed by atoms with van der Waals surface area (Å²) in [5, 5.41) is 0. The molecule has 0 unspecified atom stereocenters. The van der Waals surface area contributed by atoms with E-state index < -0.39 is 5.82 Å². The number of carbonyl (C=O) groups excluding carboxylic acids is 1. The lowest BCUT2D eigenvalue weighted by molar-refractivity contribution is 0.0918. The maximum atomic E-state index is 13.4. The van der Waals surface area contributed by atoms with Crippen molar-refractivity contribution in [3.8, 4) is 11.5 Å². The van der Waals surface area contributed by atoms with Crippen molar-refractivity contribution >= 4 is 21.7 Å². The lowest BCUT2D eigenvalue weighted by Gasteiger charge is -2.10. The number of ether oxygens (including phenoxy) is 2. The molecule has 0 aliphatic rings. The number of Topliss-reactive ketones (excluding diaryl/α,β-unsaturated/α-hetero) is 1. The molecule has 2 aromatic carbocycles. The Labute approximate surface area is 130 Å². The van der Waals surface area contributed by atoms with Crippen LogP contribution in [0.3, 0.4) is 0 Å². The molecule has 0 bridgehead atoms. The maximum absolute atomic E-state index is 13.4. The molecular formula is C16H14BrFO3. The fourth-order valence-electron chi connectivity index (χ4n) is 1.82. The quantitative estimate of drug-likeness (QED) is 0.757. The number of rotatable bonds is 5. The molecule has 3 nitrogen and oxygen atoms in total. The van der Waals surface area contributed by atoms with Crippen LogP contribution < -0.4 is 9.47 Å². The second kappa shape index (κ2) is 6.72. The van der Waals surface area contributed by atoms with E-state index in [1.54, 1.807) is 18.2 Å². The van der Waals surface area contributed by atoms with Crippen molar-refractivity contribution in [2.75, 3.05) is 13.7 Å². The first kappa shape index (κ1) is 15.5. The van der Waals surface area contributed by atoms with E-state index in [1.807, 2.05) is 13.0 Å². The predicted molar refractivity (Wildman–Crippen MR) is 81.7 cm³/mol. The first-order chi connectivity index (χ1) is 10.0. The van der Waals surface area contributed by atoms with Crippen molar-refractivity contribution in [3.63, 3.8) is 0 Å². The molecule has 21 heavy (non-hydrogen) atoms. The molecule has 110 valence electrons. The zero-order valence-corrected chi connectivity index (χ0v) is 13.2. The van der Waals surface area contributed by atoms with Crippen molar-refractivity contribution in [1.82, 2.24) is 0 Å². The van der Waals surface area contributed by atoms with E-state index in [-0.39, 0.29) is 12.4 Å². The summed E-state index contributed by atoms with van der Waals surface area (Å²) in [6, 6.07) is 9.65. The van der Waals surface area contributed by atoms with Gasteiger partial charge in [0.15, 0.2) is 6.61 Å². The van der Waals surface area contributed by atoms with Crippen molar-refractivity contribution in [2.45, 2.75) is 6.92 Å². The summed E-state index contributed by atoms with van der Waals surface area (Å²) in [7, 11) is 1.51. The van der Waals surface area contributed by atoms with Crippen molar-refractivity contribution in [1.29, 1.82) is 0 Å². The standard InChI is InChI=1S/C16H14BrFO3/c1-10-3-5-12(16(7-10)20-2)15(19)9-21-11-4-6-13(17)14(18)8-11/h3-8H,9H2,1-2H3. The highest BCUT2D eigenvalue weighted by Gasteiger charge is 2.13. The molecule has 5 heteroatoms. The van der Waals surface area contributed by atoms with Gasteiger partial charge in [0.1, 0.15) is 17.3 Å². The molecule has 0 spiro atoms. The van der Waals surface area contributed by atoms with Crippen LogP contribution in [0.5, 0.6) is 11.5 Å². The van der Waals surface area contributed by atoms with E-state index in [2.05, 4.69) is 15.9 Å². The van der Waals surface area contributed by atoms with Crippen molar-refractivity contribution in [2.24, 2.45) is 0 Å². The van der Waals surface area contributed by atoms with Gasteiger partial charge in [-0.2, -0.15) is 0 Å². The Hall–Kier alpha value is -1.88. The molecule has 2 rings (SSSR count). The summed E-state index contributed by atoms with van der Waals surface area (Å²) >= 11 is 3.06. The van der Waals surface area contributed by atoms with Crippen molar-refractivity contribution in [3.05, 3.63) is 57.8 Å². The van der Waals surface area contributed by atoms with E-state index in [4.69, 9.17) is 9.47 Å². The molecule has 0 aliphatic heterocycles. The Morgan fingerprint density at radius 1 is 1.24 bits per heavy atom. The van der Waals surface area contributed by atoms with Gasteiger partial charge < -0.3 is 9.47 Å². The molecule has 0 saturated heterocycles. The van der Waals surface area contributed by atoms with Gasteiger partial charge in [-0.3, -0.25) is 4.79 Å². The average Bonchev–Trinajstić information content (AvgIpc) is 2.48. The molecule has 0 fully saturated rings. The lowest BCUT2D eigenvalue weighted by Crippen LogP contribution is -2.13. The molecule has 0 radical (unpaired) electrons. The summed E-state index contributed by atoms with van der Waals surface area (Å²) in [4.78, 5) is 12.2. The average molecular weight is 353 g/mol. The summed E-state index contributed by atoms with van der Waals surface area (Å²) in [6.07, 6.45) is 0. The normalized spacial score (nSPS) is 10.3. The number of hydrogen-bond acceptors (Lipinski definition) is 3. The molecule has 0 heterocycles. The van der Waals surface area contributed by atoms with Crippen LogP contribution in [0.4, 0.5) is 4.39 Å². The van der Waals surface area contributed by atoms with E-state index in [1.165, 1.54) is 19.2 Å². The molecule has 0 N–H and O–H groups in total. The second-order valence-corrected chi connectivity index (χ2v) is 5.35. The van der Waals surface area contributed by atoms with Gasteiger partial charge in [0, 0.05) is 6.07 Å². The summed E-state index contributed by atoms with van der Waals surface area (Å²) in [5.41, 5.74) is 1.44. The summed E-state index contributed by atoms with van der Waals surface area (Å²) in [6.45, 7) is 1.73. The molecule has 2 aromatic rings. The van der Waals surface area contributed by atoms with E-state index in [9.17, 15) is 9.18 Å². The van der Waals surface area contributed by atoms with Gasteiger partial charge in [-0.25, -0.2) is 4.39 Å². The predicted octanol–water partition coefficient (Wildman–Crippen LogP) is 4.17. The van der Waals surface area contributed by atoms with Crippen LogP contribution in [0.15, 0.2) is 40.9 Å². The first-order valence-corrected chi connectivity index (χ1v) is 7.06. The fraction of sp³-hybridized carbons (Fsp3) is 0.188. The van der Waals surface area contributed by atoms with Crippen LogP contribution in [-0.4, -0.2) is 19.5 Å². The summed E-state index contributed by atoms with van der Waals surface area (Å²) in [5.74, 6) is 0.142. The highest BCUT2D eigenvalue weighted by molar-refractivity contribution is 9.10. The number of benzene rings is 2. The molecular weight excluding hydrogens is 339 g/mol. The van der Waals surface area contributed by atoms with Crippen LogP contribution in [0.25, 0.3) is 0 Å². The van der Waals surface area contributed by atoms with Gasteiger partial charge in [0.05, 0.1) is 17.1 Å². The minimum atomic E-state index is -0.437. The van der Waals surface area contributed by atoms with E-state index >= 15 is 0 Å². The van der Waals surface area contributed by atoms with Crippen LogP contribution in [0.1, 0.15) is 15.9 Å². The van der Waals surface area contributed by atoms with Crippen molar-refractivity contribution < 1.29 is 18.7 Å². The van der Waals surface area contributed by atoms with Gasteiger partial charge >= 0.3 is 0 Å². The smallest absolute Gasteiger partial charge is 0.203 e. The highest BCUT2D eigenvalue weighted by atomic mass is 79.9. The molecule has 0 aromatic heterocycles. The number of ketones is 1. The SMILES string of the molecule is COc1cc(C)ccc1C(=O)COc1ccc(Br)c(F)c1. The van der Waals surface area contributed by atoms with Crippen LogP contribution in [0, 0.1) is 12.7 Å².